The van der Waals surface area contributed by atoms with E-state index < -0.39 is 11.9 Å². The number of amides is 1. The van der Waals surface area contributed by atoms with Gasteiger partial charge >= 0.3 is 5.97 Å². The molecule has 26 heavy (non-hydrogen) atoms. The van der Waals surface area contributed by atoms with E-state index in [0.717, 1.165) is 42.1 Å². The molecule has 138 valence electrons. The van der Waals surface area contributed by atoms with Crippen molar-refractivity contribution in [1.29, 1.82) is 0 Å². The van der Waals surface area contributed by atoms with Crippen LogP contribution < -0.4 is 10.2 Å². The molecule has 2 rings (SSSR count). The SMILES string of the molecule is CCN(CC)c1ccc(C=N/N=C2/NC(=O)/C(=C\C(=O)OC)S2)c(C)c1. The van der Waals surface area contributed by atoms with Crippen molar-refractivity contribution in [1.82, 2.24) is 5.32 Å². The molecular weight excluding hydrogens is 352 g/mol. The maximum Gasteiger partial charge on any atom is 0.331 e. The minimum Gasteiger partial charge on any atom is -0.466 e. The third kappa shape index (κ3) is 4.95. The van der Waals surface area contributed by atoms with Crippen LogP contribution in [0.2, 0.25) is 0 Å². The lowest BCUT2D eigenvalue weighted by atomic mass is 10.1. The van der Waals surface area contributed by atoms with Crippen LogP contribution in [0.15, 0.2) is 39.4 Å². The van der Waals surface area contributed by atoms with Gasteiger partial charge in [0.1, 0.15) is 0 Å². The summed E-state index contributed by atoms with van der Waals surface area (Å²) in [6.45, 7) is 8.18. The lowest BCUT2D eigenvalue weighted by molar-refractivity contribution is -0.135. The first-order valence-electron chi connectivity index (χ1n) is 8.24. The topological polar surface area (TPSA) is 83.4 Å². The number of methoxy groups -OCH3 is 1. The molecule has 1 aliphatic rings. The monoisotopic (exact) mass is 374 g/mol. The van der Waals surface area contributed by atoms with E-state index in [0.29, 0.717) is 5.17 Å². The number of thioether (sulfide) groups is 1. The molecule has 1 heterocycles. The zero-order valence-corrected chi connectivity index (χ0v) is 16.1. The van der Waals surface area contributed by atoms with E-state index >= 15 is 0 Å². The third-order valence-electron chi connectivity index (χ3n) is 3.83. The molecule has 1 fully saturated rings. The van der Waals surface area contributed by atoms with Crippen molar-refractivity contribution in [3.8, 4) is 0 Å². The van der Waals surface area contributed by atoms with Crippen molar-refractivity contribution in [2.45, 2.75) is 20.8 Å². The number of hydrogen-bond acceptors (Lipinski definition) is 7. The Morgan fingerprint density at radius 3 is 2.69 bits per heavy atom. The Hall–Kier alpha value is -2.61. The molecule has 0 atom stereocenters. The van der Waals surface area contributed by atoms with Gasteiger partial charge in [-0.1, -0.05) is 6.07 Å². The normalized spacial score (nSPS) is 17.2. The van der Waals surface area contributed by atoms with Crippen molar-refractivity contribution >= 4 is 40.7 Å². The van der Waals surface area contributed by atoms with Crippen molar-refractivity contribution in [3.63, 3.8) is 0 Å². The van der Waals surface area contributed by atoms with Crippen LogP contribution in [0.1, 0.15) is 25.0 Å². The second-order valence-corrected chi connectivity index (χ2v) is 6.48. The average Bonchev–Trinajstić information content (AvgIpc) is 2.97. The number of aryl methyl sites for hydroxylation is 1. The van der Waals surface area contributed by atoms with E-state index in [9.17, 15) is 9.59 Å². The molecule has 7 nitrogen and oxygen atoms in total. The molecule has 0 unspecified atom stereocenters. The van der Waals surface area contributed by atoms with Crippen LogP contribution in [0, 0.1) is 6.92 Å². The number of carbonyl (C=O) groups excluding carboxylic acids is 2. The van der Waals surface area contributed by atoms with Crippen LogP contribution >= 0.6 is 11.8 Å². The van der Waals surface area contributed by atoms with Gasteiger partial charge in [0, 0.05) is 24.9 Å². The summed E-state index contributed by atoms with van der Waals surface area (Å²) in [5.41, 5.74) is 3.21. The Labute approximate surface area is 157 Å². The van der Waals surface area contributed by atoms with Crippen LogP contribution in [-0.4, -0.2) is 43.5 Å². The van der Waals surface area contributed by atoms with Gasteiger partial charge in [0.2, 0.25) is 0 Å². The summed E-state index contributed by atoms with van der Waals surface area (Å²) in [7, 11) is 1.25. The number of carbonyl (C=O) groups is 2. The first-order chi connectivity index (χ1) is 12.5. The Morgan fingerprint density at radius 2 is 2.08 bits per heavy atom. The maximum atomic E-state index is 11.7. The number of ether oxygens (including phenoxy) is 1. The smallest absolute Gasteiger partial charge is 0.331 e. The number of amidine groups is 1. The van der Waals surface area contributed by atoms with Gasteiger partial charge in [0.15, 0.2) is 5.17 Å². The van der Waals surface area contributed by atoms with Gasteiger partial charge in [-0.05, 0) is 55.8 Å². The fourth-order valence-electron chi connectivity index (χ4n) is 2.37. The Morgan fingerprint density at radius 1 is 1.35 bits per heavy atom. The summed E-state index contributed by atoms with van der Waals surface area (Å²) in [6, 6.07) is 6.16. The van der Waals surface area contributed by atoms with Crippen LogP contribution in [0.3, 0.4) is 0 Å². The summed E-state index contributed by atoms with van der Waals surface area (Å²) < 4.78 is 4.51. The number of nitrogens with zero attached hydrogens (tertiary/aromatic N) is 3. The molecule has 1 saturated heterocycles. The van der Waals surface area contributed by atoms with Crippen molar-refractivity contribution in [2.75, 3.05) is 25.1 Å². The van der Waals surface area contributed by atoms with E-state index in [2.05, 4.69) is 51.1 Å². The quantitative estimate of drug-likeness (QED) is 0.358. The van der Waals surface area contributed by atoms with Crippen molar-refractivity contribution < 1.29 is 14.3 Å². The molecule has 1 aromatic carbocycles. The zero-order chi connectivity index (χ0) is 19.1. The fourth-order valence-corrected chi connectivity index (χ4v) is 3.11. The van der Waals surface area contributed by atoms with Gasteiger partial charge in [-0.25, -0.2) is 4.79 Å². The third-order valence-corrected chi connectivity index (χ3v) is 4.73. The molecule has 0 aliphatic carbocycles. The lowest BCUT2D eigenvalue weighted by Gasteiger charge is -2.21. The highest BCUT2D eigenvalue weighted by Crippen LogP contribution is 2.23. The Bertz CT molecular complexity index is 783. The minimum atomic E-state index is -0.587. The van der Waals surface area contributed by atoms with Gasteiger partial charge in [0.05, 0.1) is 18.2 Å². The molecule has 0 radical (unpaired) electrons. The number of esters is 1. The second-order valence-electron chi connectivity index (χ2n) is 5.45. The standard InChI is InChI=1S/C18H22N4O3S/c1-5-22(6-2)14-8-7-13(12(3)9-14)11-19-21-18-20-17(24)15(26-18)10-16(23)25-4/h7-11H,5-6H2,1-4H3,(H,20,21,24)/b15-10+,19-11?. The number of anilines is 1. The highest BCUT2D eigenvalue weighted by Gasteiger charge is 2.24. The first-order valence-corrected chi connectivity index (χ1v) is 9.05. The molecule has 0 aromatic heterocycles. The van der Waals surface area contributed by atoms with Crippen LogP contribution in [0.4, 0.5) is 5.69 Å². The molecular formula is C18H22N4O3S. The minimum absolute atomic E-state index is 0.227. The predicted octanol–water partition coefficient (Wildman–Crippen LogP) is 2.45. The van der Waals surface area contributed by atoms with Crippen molar-refractivity contribution in [3.05, 3.63) is 40.3 Å². The summed E-state index contributed by atoms with van der Waals surface area (Å²) in [6.07, 6.45) is 2.77. The van der Waals surface area contributed by atoms with Gasteiger partial charge < -0.3 is 9.64 Å². The molecule has 1 aliphatic heterocycles. The van der Waals surface area contributed by atoms with Crippen LogP contribution in [0.5, 0.6) is 0 Å². The molecule has 1 amide bonds. The molecule has 0 saturated carbocycles. The van der Waals surface area contributed by atoms with Crippen molar-refractivity contribution in [2.24, 2.45) is 10.2 Å². The first kappa shape index (κ1) is 19.7. The highest BCUT2D eigenvalue weighted by molar-refractivity contribution is 8.18. The summed E-state index contributed by atoms with van der Waals surface area (Å²) >= 11 is 1.04. The van der Waals surface area contributed by atoms with Gasteiger partial charge in [0.25, 0.3) is 5.91 Å². The number of nitrogens with one attached hydrogen (secondary N) is 1. The van der Waals surface area contributed by atoms with Gasteiger partial charge in [-0.15, -0.1) is 5.10 Å². The summed E-state index contributed by atoms with van der Waals surface area (Å²) in [5.74, 6) is -0.981. The second kappa shape index (κ2) is 9.19. The lowest BCUT2D eigenvalue weighted by Crippen LogP contribution is -2.21. The molecule has 0 bridgehead atoms. The van der Waals surface area contributed by atoms with Gasteiger partial charge in [-0.3, -0.25) is 10.1 Å². The van der Waals surface area contributed by atoms with E-state index in [1.165, 1.54) is 12.8 Å². The van der Waals surface area contributed by atoms with E-state index in [-0.39, 0.29) is 4.91 Å². The molecule has 8 heteroatoms. The average molecular weight is 374 g/mol. The Kier molecular flexibility index (Phi) is 6.97. The highest BCUT2D eigenvalue weighted by atomic mass is 32.2. The Balaban J connectivity index is 2.09. The molecule has 1 aromatic rings. The summed E-state index contributed by atoms with van der Waals surface area (Å²) in [5, 5.41) is 10.9. The van der Waals surface area contributed by atoms with E-state index in [1.54, 1.807) is 6.21 Å². The van der Waals surface area contributed by atoms with Crippen LogP contribution in [0.25, 0.3) is 0 Å². The maximum absolute atomic E-state index is 11.7. The zero-order valence-electron chi connectivity index (χ0n) is 15.3. The number of benzene rings is 1. The number of rotatable bonds is 6. The van der Waals surface area contributed by atoms with E-state index in [1.807, 2.05) is 13.0 Å². The molecule has 1 N–H and O–H groups in total. The molecule has 0 spiro atoms. The fraction of sp³-hybridized carbons (Fsp3) is 0.333. The number of hydrogen-bond donors (Lipinski definition) is 1. The van der Waals surface area contributed by atoms with Gasteiger partial charge in [-0.2, -0.15) is 5.10 Å². The summed E-state index contributed by atoms with van der Waals surface area (Å²) in [4.78, 5) is 25.4. The predicted molar refractivity (Wildman–Crippen MR) is 106 cm³/mol. The van der Waals surface area contributed by atoms with E-state index in [4.69, 9.17) is 0 Å². The largest absolute Gasteiger partial charge is 0.466 e. The van der Waals surface area contributed by atoms with Crippen LogP contribution in [-0.2, 0) is 14.3 Å².